The lowest BCUT2D eigenvalue weighted by atomic mass is 10.0. The van der Waals surface area contributed by atoms with E-state index in [4.69, 9.17) is 0 Å². The van der Waals surface area contributed by atoms with Crippen LogP contribution < -0.4 is 17.7 Å². The molecule has 3 rings (SSSR count). The van der Waals surface area contributed by atoms with Crippen LogP contribution in [0.4, 0.5) is 0 Å². The molecule has 2 atom stereocenters. The maximum absolute atomic E-state index is 12.8. The Kier molecular flexibility index (Phi) is 8.78. The minimum Gasteiger partial charge on any atom is -1.00 e. The Morgan fingerprint density at radius 1 is 1.07 bits per heavy atom. The molecule has 0 saturated heterocycles. The van der Waals surface area contributed by atoms with Crippen molar-refractivity contribution in [3.63, 3.8) is 0 Å². The highest BCUT2D eigenvalue weighted by Crippen LogP contribution is 2.17. The second-order valence-corrected chi connectivity index (χ2v) is 7.60. The normalized spacial score (nSPS) is 12.8. The standard InChI is InChI=1S/C24H29N3O2.ClH/c1-17-23(19(3)27(26-17)16-20-10-6-4-7-11-20)22(28)14-15-25-18(2)24(29)21-12-8-5-9-13-21;/h4-13,18,24-25,29H,14-16H2,1-3H3;1H. The number of Topliss-reactive ketones (excluding diaryl/α,β-unsaturated/α-hetero) is 1. The number of aliphatic hydroxyl groups is 1. The van der Waals surface area contributed by atoms with Gasteiger partial charge in [-0.25, -0.2) is 0 Å². The molecular formula is C24H30ClN3O2. The van der Waals surface area contributed by atoms with Gasteiger partial charge in [0.05, 0.1) is 30.8 Å². The number of rotatable bonds is 9. The summed E-state index contributed by atoms with van der Waals surface area (Å²) < 4.78 is 1.91. The number of benzene rings is 2. The Morgan fingerprint density at radius 3 is 2.30 bits per heavy atom. The van der Waals surface area contributed by atoms with Gasteiger partial charge in [-0.3, -0.25) is 9.48 Å². The van der Waals surface area contributed by atoms with Gasteiger partial charge >= 0.3 is 0 Å². The molecule has 2 unspecified atom stereocenters. The van der Waals surface area contributed by atoms with E-state index in [0.717, 1.165) is 28.1 Å². The number of aromatic nitrogens is 2. The fourth-order valence-electron chi connectivity index (χ4n) is 3.70. The van der Waals surface area contributed by atoms with Crippen molar-refractivity contribution >= 4 is 5.78 Å². The average Bonchev–Trinajstić information content (AvgIpc) is 3.01. The van der Waals surface area contributed by atoms with Crippen LogP contribution in [0.1, 0.15) is 52.3 Å². The third-order valence-corrected chi connectivity index (χ3v) is 5.38. The summed E-state index contributed by atoms with van der Waals surface area (Å²) in [6.45, 7) is 7.13. The fraction of sp³-hybridized carbons (Fsp3) is 0.333. The highest BCUT2D eigenvalue weighted by molar-refractivity contribution is 5.98. The van der Waals surface area contributed by atoms with Crippen LogP contribution in [-0.2, 0) is 6.54 Å². The predicted octanol–water partition coefficient (Wildman–Crippen LogP) is -0.189. The SMILES string of the molecule is Cc1nn(Cc2ccccc2)c(C)c1C(=O)CC[NH2+]C(C)C(O)c1ccccc1.[Cl-]. The molecule has 0 aliphatic carbocycles. The first-order valence-electron chi connectivity index (χ1n) is 10.1. The summed E-state index contributed by atoms with van der Waals surface area (Å²) in [7, 11) is 0. The molecule has 0 aliphatic heterocycles. The van der Waals surface area contributed by atoms with E-state index in [1.807, 2.05) is 79.3 Å². The summed E-state index contributed by atoms with van der Waals surface area (Å²) in [6, 6.07) is 19.7. The lowest BCUT2D eigenvalue weighted by molar-refractivity contribution is -0.693. The van der Waals surface area contributed by atoms with Gasteiger partial charge < -0.3 is 22.8 Å². The summed E-state index contributed by atoms with van der Waals surface area (Å²) in [4.78, 5) is 12.8. The Balaban J connectivity index is 0.00000320. The van der Waals surface area contributed by atoms with Crippen molar-refractivity contribution in [1.82, 2.24) is 9.78 Å². The molecule has 1 heterocycles. The summed E-state index contributed by atoms with van der Waals surface area (Å²) in [5.41, 5.74) is 4.48. The monoisotopic (exact) mass is 427 g/mol. The number of aryl methyl sites for hydroxylation is 1. The molecule has 2 aromatic carbocycles. The zero-order valence-corrected chi connectivity index (χ0v) is 18.5. The Morgan fingerprint density at radius 2 is 1.67 bits per heavy atom. The van der Waals surface area contributed by atoms with E-state index < -0.39 is 6.10 Å². The number of halogens is 1. The van der Waals surface area contributed by atoms with E-state index in [-0.39, 0.29) is 24.2 Å². The zero-order valence-electron chi connectivity index (χ0n) is 17.8. The van der Waals surface area contributed by atoms with E-state index in [1.165, 1.54) is 0 Å². The maximum atomic E-state index is 12.8. The number of aliphatic hydroxyl groups excluding tert-OH is 1. The van der Waals surface area contributed by atoms with Gasteiger partial charge in [0.25, 0.3) is 0 Å². The zero-order chi connectivity index (χ0) is 20.8. The molecule has 0 saturated carbocycles. The van der Waals surface area contributed by atoms with E-state index in [0.29, 0.717) is 19.5 Å². The Hall–Kier alpha value is -2.47. The van der Waals surface area contributed by atoms with E-state index in [9.17, 15) is 9.90 Å². The minimum atomic E-state index is -0.552. The van der Waals surface area contributed by atoms with Crippen LogP contribution in [0.5, 0.6) is 0 Å². The molecule has 0 bridgehead atoms. The van der Waals surface area contributed by atoms with Crippen LogP contribution in [-0.4, -0.2) is 33.3 Å². The highest BCUT2D eigenvalue weighted by Gasteiger charge is 2.22. The van der Waals surface area contributed by atoms with Crippen LogP contribution >= 0.6 is 0 Å². The van der Waals surface area contributed by atoms with E-state index >= 15 is 0 Å². The molecule has 160 valence electrons. The number of ketones is 1. The number of carbonyl (C=O) groups excluding carboxylic acids is 1. The molecule has 0 radical (unpaired) electrons. The molecule has 5 nitrogen and oxygen atoms in total. The van der Waals surface area contributed by atoms with Crippen molar-refractivity contribution in [2.24, 2.45) is 0 Å². The van der Waals surface area contributed by atoms with Crippen LogP contribution in [0.15, 0.2) is 60.7 Å². The molecule has 0 fully saturated rings. The first kappa shape index (κ1) is 23.8. The van der Waals surface area contributed by atoms with Crippen LogP contribution in [0, 0.1) is 13.8 Å². The molecule has 30 heavy (non-hydrogen) atoms. The molecule has 3 aromatic rings. The van der Waals surface area contributed by atoms with Crippen LogP contribution in [0.2, 0.25) is 0 Å². The lowest BCUT2D eigenvalue weighted by Gasteiger charge is -2.17. The van der Waals surface area contributed by atoms with Crippen molar-refractivity contribution in [3.05, 3.63) is 88.7 Å². The molecule has 0 spiro atoms. The van der Waals surface area contributed by atoms with Crippen LogP contribution in [0.3, 0.4) is 0 Å². The molecule has 0 amide bonds. The van der Waals surface area contributed by atoms with Crippen molar-refractivity contribution in [3.8, 4) is 0 Å². The Bertz CT molecular complexity index is 942. The quantitative estimate of drug-likeness (QED) is 0.465. The van der Waals surface area contributed by atoms with Gasteiger partial charge in [0.2, 0.25) is 0 Å². The van der Waals surface area contributed by atoms with Crippen molar-refractivity contribution < 1.29 is 27.6 Å². The van der Waals surface area contributed by atoms with E-state index in [1.54, 1.807) is 0 Å². The molecule has 0 aliphatic rings. The number of hydrogen-bond acceptors (Lipinski definition) is 3. The molecule has 1 aromatic heterocycles. The highest BCUT2D eigenvalue weighted by atomic mass is 35.5. The number of carbonyl (C=O) groups is 1. The van der Waals surface area contributed by atoms with Gasteiger partial charge in [-0.2, -0.15) is 5.10 Å². The van der Waals surface area contributed by atoms with Crippen LogP contribution in [0.25, 0.3) is 0 Å². The Labute approximate surface area is 184 Å². The van der Waals surface area contributed by atoms with E-state index in [2.05, 4.69) is 17.2 Å². The first-order valence-corrected chi connectivity index (χ1v) is 10.1. The molecule has 3 N–H and O–H groups in total. The van der Waals surface area contributed by atoms with Crippen molar-refractivity contribution in [2.75, 3.05) is 6.54 Å². The van der Waals surface area contributed by atoms with Gasteiger partial charge in [-0.05, 0) is 31.9 Å². The summed E-state index contributed by atoms with van der Waals surface area (Å²) >= 11 is 0. The van der Waals surface area contributed by atoms with Crippen molar-refractivity contribution in [1.29, 1.82) is 0 Å². The van der Waals surface area contributed by atoms with Gasteiger partial charge in [-0.15, -0.1) is 0 Å². The lowest BCUT2D eigenvalue weighted by Crippen LogP contribution is -3.00. The van der Waals surface area contributed by atoms with Crippen molar-refractivity contribution in [2.45, 2.75) is 45.9 Å². The summed E-state index contributed by atoms with van der Waals surface area (Å²) in [5.74, 6) is 0.108. The second kappa shape index (κ2) is 11.1. The number of quaternary nitrogens is 1. The first-order chi connectivity index (χ1) is 14.0. The number of nitrogens with two attached hydrogens (primary N) is 1. The maximum Gasteiger partial charge on any atom is 0.172 e. The van der Waals surface area contributed by atoms with Gasteiger partial charge in [0.15, 0.2) is 5.78 Å². The minimum absolute atomic E-state index is 0. The summed E-state index contributed by atoms with van der Waals surface area (Å²) in [5, 5.41) is 17.1. The topological polar surface area (TPSA) is 71.7 Å². The predicted molar refractivity (Wildman–Crippen MR) is 114 cm³/mol. The number of nitrogens with zero attached hydrogens (tertiary/aromatic N) is 2. The second-order valence-electron chi connectivity index (χ2n) is 7.60. The third-order valence-electron chi connectivity index (χ3n) is 5.38. The summed E-state index contributed by atoms with van der Waals surface area (Å²) in [6.07, 6.45) is -0.131. The number of hydrogen-bond donors (Lipinski definition) is 2. The molecular weight excluding hydrogens is 398 g/mol. The average molecular weight is 428 g/mol. The smallest absolute Gasteiger partial charge is 0.172 e. The largest absolute Gasteiger partial charge is 1.00 e. The third kappa shape index (κ3) is 5.79. The molecule has 6 heteroatoms. The van der Waals surface area contributed by atoms with Gasteiger partial charge in [0, 0.05) is 5.69 Å². The fourth-order valence-corrected chi connectivity index (χ4v) is 3.70. The van der Waals surface area contributed by atoms with Gasteiger partial charge in [0.1, 0.15) is 12.1 Å². The van der Waals surface area contributed by atoms with Gasteiger partial charge in [-0.1, -0.05) is 60.7 Å².